The van der Waals surface area contributed by atoms with Crippen LogP contribution in [0, 0.1) is 0 Å². The molecule has 5 N–H and O–H groups in total. The van der Waals surface area contributed by atoms with E-state index in [1.807, 2.05) is 29.2 Å². The van der Waals surface area contributed by atoms with Crippen LogP contribution in [0.4, 0.5) is 5.69 Å². The highest BCUT2D eigenvalue weighted by Gasteiger charge is 2.42. The molecule has 0 unspecified atom stereocenters. The zero-order chi connectivity index (χ0) is 17.2. The molecule has 1 spiro atoms. The van der Waals surface area contributed by atoms with Gasteiger partial charge in [0.1, 0.15) is 5.66 Å². The number of hydrogen-bond donors (Lipinski definition) is 3. The maximum atomic E-state index is 11.7. The third kappa shape index (κ3) is 3.06. The molecule has 1 amide bonds. The minimum Gasteiger partial charge on any atom is -0.369 e. The van der Waals surface area contributed by atoms with E-state index >= 15 is 0 Å². The number of rotatable bonds is 3. The number of nitrogens with zero attached hydrogens (tertiary/aromatic N) is 3. The number of nitrogens with two attached hydrogens (primary N) is 2. The first-order valence-corrected chi connectivity index (χ1v) is 8.33. The molecule has 1 fully saturated rings. The van der Waals surface area contributed by atoms with Crippen LogP contribution in [0.2, 0.25) is 0 Å². The predicted octanol–water partition coefficient (Wildman–Crippen LogP) is 1.08. The summed E-state index contributed by atoms with van der Waals surface area (Å²) in [5, 5.41) is 2.64. The molecule has 1 heterocycles. The van der Waals surface area contributed by atoms with Crippen molar-refractivity contribution in [3.63, 3.8) is 0 Å². The van der Waals surface area contributed by atoms with Gasteiger partial charge in [-0.1, -0.05) is 18.6 Å². The summed E-state index contributed by atoms with van der Waals surface area (Å²) < 4.78 is 0. The maximum absolute atomic E-state index is 11.7. The lowest BCUT2D eigenvalue weighted by atomic mass is 9.87. The van der Waals surface area contributed by atoms with Crippen LogP contribution in [-0.4, -0.2) is 30.5 Å². The van der Waals surface area contributed by atoms with Gasteiger partial charge >= 0.3 is 0 Å². The molecule has 7 nitrogen and oxygen atoms in total. The molecule has 24 heavy (non-hydrogen) atoms. The molecule has 1 aliphatic carbocycles. The Kier molecular flexibility index (Phi) is 4.42. The Labute approximate surface area is 141 Å². The van der Waals surface area contributed by atoms with Crippen LogP contribution in [0.25, 0.3) is 0 Å². The number of amides is 1. The van der Waals surface area contributed by atoms with E-state index in [-0.39, 0.29) is 11.9 Å². The first kappa shape index (κ1) is 16.3. The Balaban J connectivity index is 1.98. The van der Waals surface area contributed by atoms with Crippen molar-refractivity contribution >= 4 is 23.5 Å². The first-order chi connectivity index (χ1) is 11.5. The van der Waals surface area contributed by atoms with Crippen molar-refractivity contribution in [2.24, 2.45) is 21.5 Å². The summed E-state index contributed by atoms with van der Waals surface area (Å²) >= 11 is 0. The summed E-state index contributed by atoms with van der Waals surface area (Å²) in [6, 6.07) is 7.81. The van der Waals surface area contributed by atoms with Crippen molar-refractivity contribution in [3.05, 3.63) is 29.8 Å². The number of aliphatic imine (C=N–C) groups is 2. The largest absolute Gasteiger partial charge is 0.369 e. The molecule has 1 aromatic rings. The van der Waals surface area contributed by atoms with Gasteiger partial charge in [-0.3, -0.25) is 9.69 Å². The van der Waals surface area contributed by atoms with Crippen LogP contribution in [0.3, 0.4) is 0 Å². The van der Waals surface area contributed by atoms with Gasteiger partial charge in [0.15, 0.2) is 0 Å². The molecule has 0 radical (unpaired) electrons. The normalized spacial score (nSPS) is 19.6. The van der Waals surface area contributed by atoms with E-state index in [0.29, 0.717) is 12.4 Å². The van der Waals surface area contributed by atoms with Gasteiger partial charge in [0.05, 0.1) is 6.42 Å². The van der Waals surface area contributed by atoms with Gasteiger partial charge in [-0.25, -0.2) is 4.99 Å². The van der Waals surface area contributed by atoms with E-state index < -0.39 is 5.66 Å². The molecule has 1 saturated carbocycles. The zero-order valence-corrected chi connectivity index (χ0v) is 14.0. The quantitative estimate of drug-likeness (QED) is 0.771. The number of guanidine groups is 2. The summed E-state index contributed by atoms with van der Waals surface area (Å²) in [5.74, 6) is 0.579. The van der Waals surface area contributed by atoms with Gasteiger partial charge in [-0.05, 0) is 43.4 Å². The molecule has 7 heteroatoms. The topological polar surface area (TPSA) is 109 Å². The molecule has 3 rings (SSSR count). The van der Waals surface area contributed by atoms with Crippen LogP contribution in [0.15, 0.2) is 34.3 Å². The summed E-state index contributed by atoms with van der Waals surface area (Å²) in [6.07, 6.45) is 5.47. The number of hydrogen-bond acceptors (Lipinski definition) is 6. The van der Waals surface area contributed by atoms with Crippen molar-refractivity contribution < 1.29 is 4.79 Å². The van der Waals surface area contributed by atoms with Crippen LogP contribution in [0.1, 0.15) is 37.7 Å². The van der Waals surface area contributed by atoms with Gasteiger partial charge in [0.2, 0.25) is 17.8 Å². The third-order valence-electron chi connectivity index (χ3n) is 4.66. The number of nitrogens with one attached hydrogen (secondary N) is 1. The molecule has 0 atom stereocenters. The van der Waals surface area contributed by atoms with Crippen molar-refractivity contribution in [2.45, 2.75) is 44.2 Å². The number of likely N-dealkylation sites (N-methyl/N-ethyl adjacent to an activating group) is 1. The zero-order valence-electron chi connectivity index (χ0n) is 14.0. The van der Waals surface area contributed by atoms with Gasteiger partial charge in [-0.2, -0.15) is 4.99 Å². The maximum Gasteiger partial charge on any atom is 0.224 e. The minimum atomic E-state index is -0.459. The second-order valence-electron chi connectivity index (χ2n) is 6.34. The molecule has 0 saturated heterocycles. The predicted molar refractivity (Wildman–Crippen MR) is 95.8 cm³/mol. The molecule has 2 aliphatic rings. The van der Waals surface area contributed by atoms with Crippen molar-refractivity contribution in [2.75, 3.05) is 11.9 Å². The van der Waals surface area contributed by atoms with Gasteiger partial charge in [-0.15, -0.1) is 0 Å². The lowest BCUT2D eigenvalue weighted by Crippen LogP contribution is -2.58. The van der Waals surface area contributed by atoms with E-state index in [4.69, 9.17) is 11.5 Å². The number of carbonyl (C=O) groups is 1. The highest BCUT2D eigenvalue weighted by atomic mass is 16.1. The van der Waals surface area contributed by atoms with E-state index in [2.05, 4.69) is 15.3 Å². The summed E-state index contributed by atoms with van der Waals surface area (Å²) in [7, 11) is 1.63. The average molecular weight is 328 g/mol. The van der Waals surface area contributed by atoms with E-state index in [0.717, 1.165) is 36.9 Å². The fraction of sp³-hybridized carbons (Fsp3) is 0.471. The minimum absolute atomic E-state index is 0.0259. The van der Waals surface area contributed by atoms with Crippen molar-refractivity contribution in [1.29, 1.82) is 0 Å². The highest BCUT2D eigenvalue weighted by Crippen LogP contribution is 2.39. The molecule has 1 aromatic carbocycles. The Morgan fingerprint density at radius 1 is 1.29 bits per heavy atom. The van der Waals surface area contributed by atoms with Gasteiger partial charge in [0, 0.05) is 12.7 Å². The van der Waals surface area contributed by atoms with Crippen molar-refractivity contribution in [1.82, 2.24) is 5.32 Å². The lowest BCUT2D eigenvalue weighted by Gasteiger charge is -2.45. The lowest BCUT2D eigenvalue weighted by molar-refractivity contribution is -0.119. The number of anilines is 1. The fourth-order valence-electron chi connectivity index (χ4n) is 3.57. The fourth-order valence-corrected chi connectivity index (χ4v) is 3.57. The molecular formula is C17H24N6O. The first-order valence-electron chi connectivity index (χ1n) is 8.33. The Hall–Kier alpha value is -2.57. The highest BCUT2D eigenvalue weighted by molar-refractivity contribution is 6.05. The number of carbonyl (C=O) groups excluding carboxylic acids is 1. The standard InChI is InChI=1S/C17H24N6O/c1-20-14(24)11-12-6-5-7-13(10-12)23-16(19)21-15(18)22-17(23)8-3-2-4-9-17/h5-7,10H,2-4,8-9,11H2,1H3,(H,20,24)(H4,18,19,21,22). The monoisotopic (exact) mass is 328 g/mol. The Bertz CT molecular complexity index is 690. The SMILES string of the molecule is CNC(=O)Cc1cccc(N2C(N)=NC(N)=NC23CCCCC3)c1. The van der Waals surface area contributed by atoms with Gasteiger partial charge < -0.3 is 16.8 Å². The van der Waals surface area contributed by atoms with Crippen LogP contribution < -0.4 is 21.7 Å². The number of benzene rings is 1. The van der Waals surface area contributed by atoms with Gasteiger partial charge in [0.25, 0.3) is 0 Å². The van der Waals surface area contributed by atoms with E-state index in [9.17, 15) is 4.79 Å². The Morgan fingerprint density at radius 2 is 2.04 bits per heavy atom. The summed E-state index contributed by atoms with van der Waals surface area (Å²) in [4.78, 5) is 22.5. The molecule has 128 valence electrons. The summed E-state index contributed by atoms with van der Waals surface area (Å²) in [5.41, 5.74) is 13.5. The molecule has 1 aliphatic heterocycles. The average Bonchev–Trinajstić information content (AvgIpc) is 2.55. The van der Waals surface area contributed by atoms with Crippen molar-refractivity contribution in [3.8, 4) is 0 Å². The third-order valence-corrected chi connectivity index (χ3v) is 4.66. The smallest absolute Gasteiger partial charge is 0.224 e. The van der Waals surface area contributed by atoms with E-state index in [1.54, 1.807) is 7.05 Å². The summed E-state index contributed by atoms with van der Waals surface area (Å²) in [6.45, 7) is 0. The van der Waals surface area contributed by atoms with E-state index in [1.165, 1.54) is 6.42 Å². The molecule has 0 bridgehead atoms. The van der Waals surface area contributed by atoms with Crippen LogP contribution in [-0.2, 0) is 11.2 Å². The van der Waals surface area contributed by atoms with Crippen LogP contribution in [0.5, 0.6) is 0 Å². The molecular weight excluding hydrogens is 304 g/mol. The Morgan fingerprint density at radius 3 is 2.75 bits per heavy atom. The second-order valence-corrected chi connectivity index (χ2v) is 6.34. The second kappa shape index (κ2) is 6.51. The van der Waals surface area contributed by atoms with Crippen LogP contribution >= 0.6 is 0 Å². The molecule has 0 aromatic heterocycles.